The molecule has 0 bridgehead atoms. The predicted molar refractivity (Wildman–Crippen MR) is 83.3 cm³/mol. The van der Waals surface area contributed by atoms with Gasteiger partial charge in [-0.2, -0.15) is 0 Å². The van der Waals surface area contributed by atoms with Gasteiger partial charge in [-0.05, 0) is 6.42 Å². The summed E-state index contributed by atoms with van der Waals surface area (Å²) in [5.41, 5.74) is 0. The first kappa shape index (κ1) is 20.8. The lowest BCUT2D eigenvalue weighted by atomic mass is 10.1. The van der Waals surface area contributed by atoms with Crippen LogP contribution in [-0.2, 0) is 9.59 Å². The Bertz CT molecular complexity index is 312. The van der Waals surface area contributed by atoms with Crippen LogP contribution in [0.15, 0.2) is 0 Å². The zero-order chi connectivity index (χ0) is 16.8. The molecule has 0 aliphatic carbocycles. The van der Waals surface area contributed by atoms with Gasteiger partial charge in [0.15, 0.2) is 0 Å². The third kappa shape index (κ3) is 11.5. The number of aliphatic hydroxyl groups excluding tert-OH is 2. The number of carboxylic acid groups (broad SMARTS) is 1. The summed E-state index contributed by atoms with van der Waals surface area (Å²) in [4.78, 5) is 23.5. The summed E-state index contributed by atoms with van der Waals surface area (Å²) in [7, 11) is 0. The molecule has 4 N–H and O–H groups in total. The number of hydrogen-bond donors (Lipinski definition) is 4. The first-order valence-corrected chi connectivity index (χ1v) is 8.02. The Labute approximate surface area is 132 Å². The molecule has 0 rings (SSSR count). The van der Waals surface area contributed by atoms with Gasteiger partial charge in [0.25, 0.3) is 0 Å². The summed E-state index contributed by atoms with van der Waals surface area (Å²) in [5.74, 6) is -1.16. The fraction of sp³-hybridized carbons (Fsp3) is 0.867. The third-order valence-electron chi connectivity index (χ3n) is 3.40. The van der Waals surface area contributed by atoms with Crippen LogP contribution in [0.2, 0.25) is 0 Å². The largest absolute Gasteiger partial charge is 0.480 e. The molecule has 1 unspecified atom stereocenters. The molecule has 0 fully saturated rings. The average Bonchev–Trinajstić information content (AvgIpc) is 2.48. The number of amides is 1. The van der Waals surface area contributed by atoms with Crippen LogP contribution in [-0.4, -0.2) is 64.6 Å². The quantitative estimate of drug-likeness (QED) is 0.275. The van der Waals surface area contributed by atoms with Crippen molar-refractivity contribution in [2.45, 2.75) is 58.1 Å². The lowest BCUT2D eigenvalue weighted by Gasteiger charge is -2.24. The molecule has 7 heteroatoms. The van der Waals surface area contributed by atoms with E-state index < -0.39 is 18.8 Å². The van der Waals surface area contributed by atoms with Crippen molar-refractivity contribution in [2.24, 2.45) is 0 Å². The van der Waals surface area contributed by atoms with E-state index in [4.69, 9.17) is 10.2 Å². The molecule has 0 saturated heterocycles. The Morgan fingerprint density at radius 2 is 1.77 bits per heavy atom. The Hall–Kier alpha value is -1.18. The summed E-state index contributed by atoms with van der Waals surface area (Å²) in [5, 5.41) is 29.8. The number of nitrogens with zero attached hydrogens (tertiary/aromatic N) is 1. The van der Waals surface area contributed by atoms with Crippen molar-refractivity contribution in [2.75, 3.05) is 26.2 Å². The third-order valence-corrected chi connectivity index (χ3v) is 3.40. The number of carboxylic acids is 1. The van der Waals surface area contributed by atoms with Gasteiger partial charge < -0.3 is 20.6 Å². The van der Waals surface area contributed by atoms with Crippen LogP contribution in [0, 0.1) is 0 Å². The Balaban J connectivity index is 3.76. The van der Waals surface area contributed by atoms with Gasteiger partial charge in [-0.25, -0.2) is 0 Å². The van der Waals surface area contributed by atoms with E-state index in [-0.39, 0.29) is 25.5 Å². The van der Waals surface area contributed by atoms with Gasteiger partial charge in [-0.3, -0.25) is 14.5 Å². The molecule has 7 nitrogen and oxygen atoms in total. The van der Waals surface area contributed by atoms with Gasteiger partial charge in [-0.1, -0.05) is 39.0 Å². The molecule has 0 saturated carbocycles. The van der Waals surface area contributed by atoms with Crippen LogP contribution in [0.1, 0.15) is 51.9 Å². The molecule has 0 heterocycles. The number of rotatable bonds is 14. The Morgan fingerprint density at radius 1 is 1.14 bits per heavy atom. The normalized spacial score (nSPS) is 12.4. The highest BCUT2D eigenvalue weighted by Crippen LogP contribution is 2.06. The molecule has 0 aliphatic heterocycles. The lowest BCUT2D eigenvalue weighted by Crippen LogP contribution is -2.45. The fourth-order valence-corrected chi connectivity index (χ4v) is 2.12. The molecule has 0 radical (unpaired) electrons. The second kappa shape index (κ2) is 13.5. The van der Waals surface area contributed by atoms with E-state index in [0.717, 1.165) is 19.3 Å². The number of hydrogen-bond acceptors (Lipinski definition) is 5. The minimum Gasteiger partial charge on any atom is -0.480 e. The smallest absolute Gasteiger partial charge is 0.317 e. The number of aliphatic hydroxyl groups is 2. The van der Waals surface area contributed by atoms with Gasteiger partial charge in [0.2, 0.25) is 5.91 Å². The summed E-state index contributed by atoms with van der Waals surface area (Å²) < 4.78 is 0. The monoisotopic (exact) mass is 318 g/mol. The standard InChI is InChI=1S/C15H30N2O5/c1-2-3-4-5-6-7-8-13(19)16-9-10-17(11-15(21)22)14(20)12-18/h14,18,20H,2-12H2,1H3,(H,16,19)(H,21,22). The van der Waals surface area contributed by atoms with Crippen LogP contribution < -0.4 is 5.32 Å². The van der Waals surface area contributed by atoms with Crippen molar-refractivity contribution in [1.82, 2.24) is 10.2 Å². The molecular weight excluding hydrogens is 288 g/mol. The molecule has 0 aromatic carbocycles. The van der Waals surface area contributed by atoms with Gasteiger partial charge >= 0.3 is 5.97 Å². The molecule has 0 aliphatic rings. The molecule has 0 aromatic heterocycles. The molecule has 22 heavy (non-hydrogen) atoms. The van der Waals surface area contributed by atoms with Crippen molar-refractivity contribution in [1.29, 1.82) is 0 Å². The Morgan fingerprint density at radius 3 is 2.36 bits per heavy atom. The second-order valence-electron chi connectivity index (χ2n) is 5.40. The molecule has 0 spiro atoms. The van der Waals surface area contributed by atoms with E-state index in [1.807, 2.05) is 0 Å². The van der Waals surface area contributed by atoms with Crippen LogP contribution in [0.5, 0.6) is 0 Å². The minimum absolute atomic E-state index is 0.0655. The van der Waals surface area contributed by atoms with E-state index >= 15 is 0 Å². The molecule has 1 amide bonds. The van der Waals surface area contributed by atoms with E-state index in [1.54, 1.807) is 0 Å². The van der Waals surface area contributed by atoms with Crippen LogP contribution in [0.4, 0.5) is 0 Å². The number of carbonyl (C=O) groups excluding carboxylic acids is 1. The maximum Gasteiger partial charge on any atom is 0.317 e. The first-order valence-electron chi connectivity index (χ1n) is 8.02. The second-order valence-corrected chi connectivity index (χ2v) is 5.40. The number of aliphatic carboxylic acids is 1. The highest BCUT2D eigenvalue weighted by atomic mass is 16.4. The van der Waals surface area contributed by atoms with Crippen LogP contribution >= 0.6 is 0 Å². The van der Waals surface area contributed by atoms with Gasteiger partial charge in [-0.15, -0.1) is 0 Å². The molecule has 1 atom stereocenters. The van der Waals surface area contributed by atoms with Gasteiger partial charge in [0.05, 0.1) is 13.2 Å². The number of nitrogens with one attached hydrogen (secondary N) is 1. The first-order chi connectivity index (χ1) is 10.5. The van der Waals surface area contributed by atoms with Crippen LogP contribution in [0.25, 0.3) is 0 Å². The summed E-state index contributed by atoms with van der Waals surface area (Å²) in [6.45, 7) is 1.66. The summed E-state index contributed by atoms with van der Waals surface area (Å²) >= 11 is 0. The fourth-order valence-electron chi connectivity index (χ4n) is 2.12. The number of unbranched alkanes of at least 4 members (excludes halogenated alkanes) is 5. The van der Waals surface area contributed by atoms with E-state index in [9.17, 15) is 14.7 Å². The van der Waals surface area contributed by atoms with Crippen LogP contribution in [0.3, 0.4) is 0 Å². The van der Waals surface area contributed by atoms with Crippen molar-refractivity contribution in [3.63, 3.8) is 0 Å². The molecule has 0 aromatic rings. The summed E-state index contributed by atoms with van der Waals surface area (Å²) in [6.07, 6.45) is 5.93. The van der Waals surface area contributed by atoms with E-state index in [0.29, 0.717) is 6.42 Å². The zero-order valence-electron chi connectivity index (χ0n) is 13.5. The van der Waals surface area contributed by atoms with Crippen molar-refractivity contribution >= 4 is 11.9 Å². The molecule has 130 valence electrons. The number of carbonyl (C=O) groups is 2. The minimum atomic E-state index is -1.23. The highest BCUT2D eigenvalue weighted by molar-refractivity contribution is 5.75. The Kier molecular flexibility index (Phi) is 12.8. The van der Waals surface area contributed by atoms with Gasteiger partial charge in [0.1, 0.15) is 6.23 Å². The zero-order valence-corrected chi connectivity index (χ0v) is 13.5. The topological polar surface area (TPSA) is 110 Å². The van der Waals surface area contributed by atoms with E-state index in [2.05, 4.69) is 12.2 Å². The van der Waals surface area contributed by atoms with Crippen molar-refractivity contribution in [3.05, 3.63) is 0 Å². The van der Waals surface area contributed by atoms with E-state index in [1.165, 1.54) is 24.2 Å². The maximum atomic E-state index is 11.6. The maximum absolute atomic E-state index is 11.6. The van der Waals surface area contributed by atoms with Gasteiger partial charge in [0, 0.05) is 19.5 Å². The summed E-state index contributed by atoms with van der Waals surface area (Å²) in [6, 6.07) is 0. The lowest BCUT2D eigenvalue weighted by molar-refractivity contribution is -0.142. The molecular formula is C15H30N2O5. The average molecular weight is 318 g/mol. The SMILES string of the molecule is CCCCCCCCC(=O)NCCN(CC(=O)O)C(O)CO. The highest BCUT2D eigenvalue weighted by Gasteiger charge is 2.17. The van der Waals surface area contributed by atoms with Crippen molar-refractivity contribution in [3.8, 4) is 0 Å². The predicted octanol–water partition coefficient (Wildman–Crippen LogP) is 0.551. The van der Waals surface area contributed by atoms with Crippen molar-refractivity contribution < 1.29 is 24.9 Å².